The maximum Gasteiger partial charge on any atom is 0.166 e. The van der Waals surface area contributed by atoms with Crippen LogP contribution in [0.1, 0.15) is 18.4 Å². The van der Waals surface area contributed by atoms with Gasteiger partial charge in [-0.15, -0.1) is 0 Å². The molecule has 1 aliphatic rings. The molecular weight excluding hydrogens is 242 g/mol. The lowest BCUT2D eigenvalue weighted by atomic mass is 10.1. The van der Waals surface area contributed by atoms with E-state index in [-0.39, 0.29) is 0 Å². The first-order valence-electron chi connectivity index (χ1n) is 6.51. The molecule has 0 amide bonds. The van der Waals surface area contributed by atoms with E-state index in [0.29, 0.717) is 6.04 Å². The minimum absolute atomic E-state index is 0.486. The average Bonchev–Trinajstić information content (AvgIpc) is 2.38. The predicted octanol–water partition coefficient (Wildman–Crippen LogP) is 1.74. The highest BCUT2D eigenvalue weighted by Gasteiger charge is 2.17. The van der Waals surface area contributed by atoms with Gasteiger partial charge in [-0.05, 0) is 44.2 Å². The van der Waals surface area contributed by atoms with Crippen molar-refractivity contribution in [1.29, 1.82) is 0 Å². The molecule has 2 rings (SSSR count). The van der Waals surface area contributed by atoms with Gasteiger partial charge < -0.3 is 15.5 Å². The van der Waals surface area contributed by atoms with Gasteiger partial charge in [0.05, 0.1) is 0 Å². The normalized spacial score (nSPS) is 20.4. The summed E-state index contributed by atoms with van der Waals surface area (Å²) < 4.78 is 0. The molecular formula is C14H21N3S. The molecule has 1 heterocycles. The first-order chi connectivity index (χ1) is 8.74. The van der Waals surface area contributed by atoms with Gasteiger partial charge in [0.1, 0.15) is 0 Å². The van der Waals surface area contributed by atoms with Gasteiger partial charge in [0.2, 0.25) is 0 Å². The molecule has 2 N–H and O–H groups in total. The summed E-state index contributed by atoms with van der Waals surface area (Å²) in [6.45, 7) is 3.06. The zero-order valence-electron chi connectivity index (χ0n) is 10.9. The molecule has 0 saturated carbocycles. The maximum absolute atomic E-state index is 5.33. The Bertz CT molecular complexity index is 380. The Hall–Kier alpha value is -1.13. The van der Waals surface area contributed by atoms with E-state index in [1.54, 1.807) is 0 Å². The number of nitrogens with zero attached hydrogens (tertiary/aromatic N) is 1. The third-order valence-electron chi connectivity index (χ3n) is 3.26. The highest BCUT2D eigenvalue weighted by atomic mass is 32.1. The van der Waals surface area contributed by atoms with Gasteiger partial charge >= 0.3 is 0 Å². The standard InChI is InChI=1S/C14H21N3S/c1-17-9-5-8-13(11-17)16-14(18)15-10-12-6-3-2-4-7-12/h2-4,6-7,13H,5,8-11H2,1H3,(H2,15,16,18)/t13-/m0/s1. The highest BCUT2D eigenvalue weighted by Crippen LogP contribution is 2.07. The molecule has 1 aromatic rings. The lowest BCUT2D eigenvalue weighted by molar-refractivity contribution is 0.240. The van der Waals surface area contributed by atoms with Crippen LogP contribution in [0, 0.1) is 0 Å². The Morgan fingerprint density at radius 3 is 2.89 bits per heavy atom. The molecule has 1 saturated heterocycles. The number of hydrogen-bond acceptors (Lipinski definition) is 2. The Morgan fingerprint density at radius 2 is 2.17 bits per heavy atom. The minimum atomic E-state index is 0.486. The van der Waals surface area contributed by atoms with Gasteiger partial charge in [-0.1, -0.05) is 30.3 Å². The highest BCUT2D eigenvalue weighted by molar-refractivity contribution is 7.80. The van der Waals surface area contributed by atoms with Crippen LogP contribution < -0.4 is 10.6 Å². The molecule has 1 atom stereocenters. The van der Waals surface area contributed by atoms with E-state index in [0.717, 1.165) is 18.2 Å². The molecule has 0 aromatic heterocycles. The van der Waals surface area contributed by atoms with Crippen LogP contribution in [0.5, 0.6) is 0 Å². The zero-order valence-corrected chi connectivity index (χ0v) is 11.7. The molecule has 98 valence electrons. The van der Waals surface area contributed by atoms with E-state index in [4.69, 9.17) is 12.2 Å². The summed E-state index contributed by atoms with van der Waals surface area (Å²) in [5.74, 6) is 0. The first-order valence-corrected chi connectivity index (χ1v) is 6.92. The molecule has 0 unspecified atom stereocenters. The van der Waals surface area contributed by atoms with E-state index in [1.165, 1.54) is 24.9 Å². The molecule has 0 spiro atoms. The topological polar surface area (TPSA) is 27.3 Å². The second-order valence-electron chi connectivity index (χ2n) is 4.91. The van der Waals surface area contributed by atoms with Crippen molar-refractivity contribution in [3.63, 3.8) is 0 Å². The minimum Gasteiger partial charge on any atom is -0.359 e. The van der Waals surface area contributed by atoms with Crippen LogP contribution in [-0.4, -0.2) is 36.2 Å². The lowest BCUT2D eigenvalue weighted by Crippen LogP contribution is -2.49. The van der Waals surface area contributed by atoms with Gasteiger partial charge in [-0.3, -0.25) is 0 Å². The van der Waals surface area contributed by atoms with Crippen molar-refractivity contribution in [2.24, 2.45) is 0 Å². The first kappa shape index (κ1) is 13.3. The summed E-state index contributed by atoms with van der Waals surface area (Å²) in [4.78, 5) is 2.35. The Labute approximate surface area is 115 Å². The molecule has 1 aromatic carbocycles. The van der Waals surface area contributed by atoms with Crippen LogP contribution in [0.2, 0.25) is 0 Å². The van der Waals surface area contributed by atoms with Crippen molar-refractivity contribution < 1.29 is 0 Å². The van der Waals surface area contributed by atoms with Crippen molar-refractivity contribution >= 4 is 17.3 Å². The third kappa shape index (κ3) is 4.27. The van der Waals surface area contributed by atoms with E-state index >= 15 is 0 Å². The monoisotopic (exact) mass is 263 g/mol. The number of likely N-dealkylation sites (tertiary alicyclic amines) is 1. The molecule has 3 nitrogen and oxygen atoms in total. The summed E-state index contributed by atoms with van der Waals surface area (Å²) in [6.07, 6.45) is 2.45. The number of rotatable bonds is 3. The van der Waals surface area contributed by atoms with Crippen LogP contribution in [-0.2, 0) is 6.54 Å². The second kappa shape index (κ2) is 6.71. The summed E-state index contributed by atoms with van der Waals surface area (Å²) in [6, 6.07) is 10.8. The van der Waals surface area contributed by atoms with Crippen LogP contribution in [0.25, 0.3) is 0 Å². The average molecular weight is 263 g/mol. The fraction of sp³-hybridized carbons (Fsp3) is 0.500. The summed E-state index contributed by atoms with van der Waals surface area (Å²) >= 11 is 5.33. The Balaban J connectivity index is 1.72. The number of thiocarbonyl (C=S) groups is 1. The van der Waals surface area contributed by atoms with Crippen LogP contribution in [0.4, 0.5) is 0 Å². The SMILES string of the molecule is CN1CCC[C@H](NC(=S)NCc2ccccc2)C1. The predicted molar refractivity (Wildman–Crippen MR) is 79.5 cm³/mol. The second-order valence-corrected chi connectivity index (χ2v) is 5.32. The van der Waals surface area contributed by atoms with Gasteiger partial charge in [-0.25, -0.2) is 0 Å². The molecule has 4 heteroatoms. The largest absolute Gasteiger partial charge is 0.359 e. The van der Waals surface area contributed by atoms with Gasteiger partial charge in [0, 0.05) is 19.1 Å². The maximum atomic E-state index is 5.33. The zero-order chi connectivity index (χ0) is 12.8. The van der Waals surface area contributed by atoms with E-state index in [9.17, 15) is 0 Å². The van der Waals surface area contributed by atoms with Crippen molar-refractivity contribution in [1.82, 2.24) is 15.5 Å². The number of likely N-dealkylation sites (N-methyl/N-ethyl adjacent to an activating group) is 1. The van der Waals surface area contributed by atoms with Crippen molar-refractivity contribution in [2.75, 3.05) is 20.1 Å². The molecule has 1 aliphatic heterocycles. The Kier molecular flexibility index (Phi) is 4.96. The Morgan fingerprint density at radius 1 is 1.39 bits per heavy atom. The fourth-order valence-electron chi connectivity index (χ4n) is 2.30. The lowest BCUT2D eigenvalue weighted by Gasteiger charge is -2.31. The van der Waals surface area contributed by atoms with Crippen LogP contribution in [0.3, 0.4) is 0 Å². The van der Waals surface area contributed by atoms with Gasteiger partial charge in [0.15, 0.2) is 5.11 Å². The van der Waals surface area contributed by atoms with E-state index < -0.39 is 0 Å². The molecule has 0 aliphatic carbocycles. The van der Waals surface area contributed by atoms with Gasteiger partial charge in [-0.2, -0.15) is 0 Å². The van der Waals surface area contributed by atoms with Crippen molar-refractivity contribution in [3.8, 4) is 0 Å². The molecule has 0 bridgehead atoms. The number of hydrogen-bond donors (Lipinski definition) is 2. The van der Waals surface area contributed by atoms with Crippen LogP contribution >= 0.6 is 12.2 Å². The van der Waals surface area contributed by atoms with Gasteiger partial charge in [0.25, 0.3) is 0 Å². The number of nitrogens with one attached hydrogen (secondary N) is 2. The summed E-state index contributed by atoms with van der Waals surface area (Å²) in [7, 11) is 2.16. The fourth-order valence-corrected chi connectivity index (χ4v) is 2.54. The molecule has 0 radical (unpaired) electrons. The van der Waals surface area contributed by atoms with Crippen molar-refractivity contribution in [2.45, 2.75) is 25.4 Å². The smallest absolute Gasteiger partial charge is 0.166 e. The number of benzene rings is 1. The van der Waals surface area contributed by atoms with Crippen LogP contribution in [0.15, 0.2) is 30.3 Å². The van der Waals surface area contributed by atoms with Crippen molar-refractivity contribution in [3.05, 3.63) is 35.9 Å². The van der Waals surface area contributed by atoms with E-state index in [2.05, 4.69) is 34.7 Å². The quantitative estimate of drug-likeness (QED) is 0.813. The molecule has 1 fully saturated rings. The number of piperidine rings is 1. The van der Waals surface area contributed by atoms with E-state index in [1.807, 2.05) is 18.2 Å². The summed E-state index contributed by atoms with van der Waals surface area (Å²) in [5.41, 5.74) is 1.25. The summed E-state index contributed by atoms with van der Waals surface area (Å²) in [5, 5.41) is 7.42. The molecule has 18 heavy (non-hydrogen) atoms. The third-order valence-corrected chi connectivity index (χ3v) is 3.52.